The summed E-state index contributed by atoms with van der Waals surface area (Å²) in [5.41, 5.74) is 5.59. The first-order valence-electron chi connectivity index (χ1n) is 6.14. The first kappa shape index (κ1) is 11.3. The Morgan fingerprint density at radius 2 is 1.87 bits per heavy atom. The second kappa shape index (κ2) is 5.25. The van der Waals surface area contributed by atoms with Crippen LogP contribution in [0.1, 0.15) is 6.42 Å². The van der Waals surface area contributed by atoms with E-state index >= 15 is 0 Å². The van der Waals surface area contributed by atoms with Gasteiger partial charge < -0.3 is 15.5 Å². The zero-order chi connectivity index (χ0) is 10.7. The molecule has 15 heavy (non-hydrogen) atoms. The molecule has 1 atom stereocenters. The van der Waals surface area contributed by atoms with E-state index in [0.29, 0.717) is 0 Å². The molecule has 0 saturated carbocycles. The molecule has 0 radical (unpaired) electrons. The van der Waals surface area contributed by atoms with Crippen LogP contribution in [0.5, 0.6) is 0 Å². The van der Waals surface area contributed by atoms with Crippen molar-refractivity contribution < 1.29 is 0 Å². The van der Waals surface area contributed by atoms with Crippen molar-refractivity contribution in [1.29, 1.82) is 0 Å². The van der Waals surface area contributed by atoms with Crippen LogP contribution >= 0.6 is 0 Å². The zero-order valence-corrected chi connectivity index (χ0v) is 9.86. The first-order chi connectivity index (χ1) is 7.29. The predicted molar refractivity (Wildman–Crippen MR) is 63.0 cm³/mol. The van der Waals surface area contributed by atoms with Gasteiger partial charge in [0.1, 0.15) is 0 Å². The number of rotatable bonds is 3. The van der Waals surface area contributed by atoms with Crippen molar-refractivity contribution in [1.82, 2.24) is 14.7 Å². The van der Waals surface area contributed by atoms with E-state index in [2.05, 4.69) is 21.7 Å². The average molecular weight is 212 g/mol. The Bertz CT molecular complexity index is 189. The normalized spacial score (nSPS) is 31.2. The molecule has 0 bridgehead atoms. The number of nitrogens with two attached hydrogens (primary N) is 1. The minimum atomic E-state index is 0.797. The van der Waals surface area contributed by atoms with E-state index in [0.717, 1.165) is 19.1 Å². The molecule has 0 aliphatic carbocycles. The van der Waals surface area contributed by atoms with E-state index < -0.39 is 0 Å². The van der Waals surface area contributed by atoms with Gasteiger partial charge in [-0.2, -0.15) is 0 Å². The maximum Gasteiger partial charge on any atom is 0.0236 e. The molecule has 2 aliphatic heterocycles. The molecule has 4 heteroatoms. The lowest BCUT2D eigenvalue weighted by atomic mass is 10.2. The summed E-state index contributed by atoms with van der Waals surface area (Å²) in [6, 6.07) is 0.797. The van der Waals surface area contributed by atoms with E-state index in [1.807, 2.05) is 0 Å². The number of likely N-dealkylation sites (tertiary alicyclic amines) is 1. The van der Waals surface area contributed by atoms with Gasteiger partial charge in [0.05, 0.1) is 0 Å². The minimum absolute atomic E-state index is 0.797. The minimum Gasteiger partial charge on any atom is -0.329 e. The summed E-state index contributed by atoms with van der Waals surface area (Å²) >= 11 is 0. The fraction of sp³-hybridized carbons (Fsp3) is 1.00. The van der Waals surface area contributed by atoms with E-state index in [1.54, 1.807) is 0 Å². The van der Waals surface area contributed by atoms with Crippen LogP contribution < -0.4 is 5.73 Å². The van der Waals surface area contributed by atoms with Gasteiger partial charge in [0.25, 0.3) is 0 Å². The van der Waals surface area contributed by atoms with Crippen LogP contribution in [0.3, 0.4) is 0 Å². The fourth-order valence-corrected chi connectivity index (χ4v) is 2.68. The number of likely N-dealkylation sites (N-methyl/N-ethyl adjacent to an activating group) is 1. The van der Waals surface area contributed by atoms with E-state index in [9.17, 15) is 0 Å². The van der Waals surface area contributed by atoms with Crippen molar-refractivity contribution in [3.8, 4) is 0 Å². The monoisotopic (exact) mass is 212 g/mol. The molecule has 2 rings (SSSR count). The SMILES string of the molecule is CN1CCN(C2CCN(CCN)C2)CC1. The van der Waals surface area contributed by atoms with Crippen LogP contribution in [0.25, 0.3) is 0 Å². The van der Waals surface area contributed by atoms with Crippen molar-refractivity contribution in [2.24, 2.45) is 5.73 Å². The van der Waals surface area contributed by atoms with Crippen molar-refractivity contribution >= 4 is 0 Å². The average Bonchev–Trinajstić information content (AvgIpc) is 2.68. The van der Waals surface area contributed by atoms with Crippen molar-refractivity contribution in [3.63, 3.8) is 0 Å². The lowest BCUT2D eigenvalue weighted by Gasteiger charge is -2.36. The summed E-state index contributed by atoms with van der Waals surface area (Å²) in [6.07, 6.45) is 1.34. The lowest BCUT2D eigenvalue weighted by molar-refractivity contribution is 0.113. The van der Waals surface area contributed by atoms with Crippen molar-refractivity contribution in [3.05, 3.63) is 0 Å². The molecule has 2 aliphatic rings. The maximum atomic E-state index is 5.59. The Hall–Kier alpha value is -0.160. The molecule has 4 nitrogen and oxygen atoms in total. The van der Waals surface area contributed by atoms with E-state index in [4.69, 9.17) is 5.73 Å². The molecule has 1 unspecified atom stereocenters. The van der Waals surface area contributed by atoms with Gasteiger partial charge in [-0.05, 0) is 20.0 Å². The maximum absolute atomic E-state index is 5.59. The molecule has 0 spiro atoms. The molecule has 0 aromatic rings. The van der Waals surface area contributed by atoms with E-state index in [1.165, 1.54) is 45.7 Å². The lowest BCUT2D eigenvalue weighted by Crippen LogP contribution is -2.49. The molecule has 2 fully saturated rings. The Kier molecular flexibility index (Phi) is 3.97. The summed E-state index contributed by atoms with van der Waals surface area (Å²) in [7, 11) is 2.21. The number of piperazine rings is 1. The summed E-state index contributed by atoms with van der Waals surface area (Å²) in [4.78, 5) is 7.59. The second-order valence-electron chi connectivity index (χ2n) is 4.87. The van der Waals surface area contributed by atoms with Gasteiger partial charge in [-0.15, -0.1) is 0 Å². The Morgan fingerprint density at radius 1 is 1.13 bits per heavy atom. The quantitative estimate of drug-likeness (QED) is 0.669. The molecule has 2 N–H and O–H groups in total. The third-order valence-electron chi connectivity index (χ3n) is 3.75. The zero-order valence-electron chi connectivity index (χ0n) is 9.86. The van der Waals surface area contributed by atoms with Crippen molar-refractivity contribution in [2.45, 2.75) is 12.5 Å². The number of hydrogen-bond donors (Lipinski definition) is 1. The first-order valence-corrected chi connectivity index (χ1v) is 6.14. The van der Waals surface area contributed by atoms with Gasteiger partial charge >= 0.3 is 0 Å². The Morgan fingerprint density at radius 3 is 2.53 bits per heavy atom. The highest BCUT2D eigenvalue weighted by atomic mass is 15.3. The van der Waals surface area contributed by atoms with Gasteiger partial charge in [0, 0.05) is 51.9 Å². The van der Waals surface area contributed by atoms with Crippen LogP contribution in [0.2, 0.25) is 0 Å². The highest BCUT2D eigenvalue weighted by molar-refractivity contribution is 4.85. The van der Waals surface area contributed by atoms with Gasteiger partial charge in [-0.1, -0.05) is 0 Å². The molecular weight excluding hydrogens is 188 g/mol. The van der Waals surface area contributed by atoms with Gasteiger partial charge in [0.15, 0.2) is 0 Å². The Labute approximate surface area is 93.0 Å². The van der Waals surface area contributed by atoms with Crippen LogP contribution in [-0.2, 0) is 0 Å². The molecule has 2 saturated heterocycles. The highest BCUT2D eigenvalue weighted by Gasteiger charge is 2.28. The van der Waals surface area contributed by atoms with Crippen LogP contribution in [0.15, 0.2) is 0 Å². The summed E-state index contributed by atoms with van der Waals surface area (Å²) in [6.45, 7) is 9.31. The third kappa shape index (κ3) is 2.91. The van der Waals surface area contributed by atoms with Gasteiger partial charge in [-0.25, -0.2) is 0 Å². The summed E-state index contributed by atoms with van der Waals surface area (Å²) in [5.74, 6) is 0. The molecular formula is C11H24N4. The molecule has 0 amide bonds. The fourth-order valence-electron chi connectivity index (χ4n) is 2.68. The highest BCUT2D eigenvalue weighted by Crippen LogP contribution is 2.16. The number of nitrogens with zero attached hydrogens (tertiary/aromatic N) is 3. The molecule has 88 valence electrons. The number of hydrogen-bond acceptors (Lipinski definition) is 4. The standard InChI is InChI=1S/C11H24N4/c1-13-6-8-15(9-7-13)11-2-4-14(10-11)5-3-12/h11H,2-10,12H2,1H3. The van der Waals surface area contributed by atoms with Gasteiger partial charge in [-0.3, -0.25) is 4.90 Å². The Balaban J connectivity index is 1.75. The van der Waals surface area contributed by atoms with Gasteiger partial charge in [0.2, 0.25) is 0 Å². The molecule has 0 aromatic carbocycles. The van der Waals surface area contributed by atoms with Crippen molar-refractivity contribution in [2.75, 3.05) is 59.4 Å². The topological polar surface area (TPSA) is 35.7 Å². The smallest absolute Gasteiger partial charge is 0.0236 e. The van der Waals surface area contributed by atoms with Crippen LogP contribution in [-0.4, -0.2) is 80.1 Å². The second-order valence-corrected chi connectivity index (χ2v) is 4.87. The molecule has 0 aromatic heterocycles. The van der Waals surface area contributed by atoms with Crippen LogP contribution in [0.4, 0.5) is 0 Å². The summed E-state index contributed by atoms with van der Waals surface area (Å²) in [5, 5.41) is 0. The summed E-state index contributed by atoms with van der Waals surface area (Å²) < 4.78 is 0. The van der Waals surface area contributed by atoms with Crippen LogP contribution in [0, 0.1) is 0 Å². The largest absolute Gasteiger partial charge is 0.329 e. The third-order valence-corrected chi connectivity index (χ3v) is 3.75. The van der Waals surface area contributed by atoms with E-state index in [-0.39, 0.29) is 0 Å². The molecule has 2 heterocycles. The predicted octanol–water partition coefficient (Wildman–Crippen LogP) is -0.733.